The molecule has 0 N–H and O–H groups in total. The summed E-state index contributed by atoms with van der Waals surface area (Å²) in [5.41, 5.74) is 0.843. The molecule has 1 aliphatic rings. The lowest BCUT2D eigenvalue weighted by Crippen LogP contribution is -2.27. The van der Waals surface area contributed by atoms with Gasteiger partial charge in [0.2, 0.25) is 0 Å². The number of nitrogens with zero attached hydrogens (tertiary/aromatic N) is 1. The second-order valence-corrected chi connectivity index (χ2v) is 4.42. The number of halogens is 2. The summed E-state index contributed by atoms with van der Waals surface area (Å²) in [6, 6.07) is 5.19. The van der Waals surface area contributed by atoms with E-state index in [1.54, 1.807) is 18.2 Å². The quantitative estimate of drug-likeness (QED) is 0.818. The maximum absolute atomic E-state index is 11.7. The van der Waals surface area contributed by atoms with E-state index in [1.165, 1.54) is 5.06 Å². The molecule has 0 radical (unpaired) electrons. The molecule has 86 valence electrons. The first-order chi connectivity index (χ1) is 7.66. The second-order valence-electron chi connectivity index (χ2n) is 3.61. The van der Waals surface area contributed by atoms with Gasteiger partial charge in [-0.15, -0.1) is 0 Å². The molecule has 2 rings (SSSR count). The molecule has 1 aromatic carbocycles. The largest absolute Gasteiger partial charge is 0.272 e. The fourth-order valence-electron chi connectivity index (χ4n) is 1.56. The first kappa shape index (κ1) is 11.7. The molecule has 1 heterocycles. The Morgan fingerprint density at radius 3 is 2.81 bits per heavy atom. The first-order valence-electron chi connectivity index (χ1n) is 5.04. The van der Waals surface area contributed by atoms with E-state index < -0.39 is 0 Å². The average molecular weight is 260 g/mol. The highest BCUT2D eigenvalue weighted by Crippen LogP contribution is 2.23. The molecule has 5 heteroatoms. The Balaban J connectivity index is 2.02. The molecule has 0 aromatic heterocycles. The summed E-state index contributed by atoms with van der Waals surface area (Å²) in [6.45, 7) is 1.28. The SMILES string of the molecule is O=C(Cc1ccc(Cl)c(Cl)c1)N1CCCO1. The molecule has 1 aromatic rings. The molecule has 1 aliphatic heterocycles. The van der Waals surface area contributed by atoms with E-state index in [0.717, 1.165) is 12.0 Å². The van der Waals surface area contributed by atoms with E-state index in [-0.39, 0.29) is 12.3 Å². The molecular formula is C11H11Cl2NO2. The van der Waals surface area contributed by atoms with Gasteiger partial charge in [0, 0.05) is 0 Å². The zero-order chi connectivity index (χ0) is 11.5. The minimum atomic E-state index is -0.0455. The van der Waals surface area contributed by atoms with Crippen LogP contribution >= 0.6 is 23.2 Å². The fourth-order valence-corrected chi connectivity index (χ4v) is 1.88. The van der Waals surface area contributed by atoms with Crippen molar-refractivity contribution in [2.75, 3.05) is 13.2 Å². The van der Waals surface area contributed by atoms with Crippen molar-refractivity contribution in [3.05, 3.63) is 33.8 Å². The van der Waals surface area contributed by atoms with Gasteiger partial charge in [0.25, 0.3) is 5.91 Å². The molecule has 0 unspecified atom stereocenters. The van der Waals surface area contributed by atoms with Crippen molar-refractivity contribution in [3.8, 4) is 0 Å². The minimum Gasteiger partial charge on any atom is -0.272 e. The normalized spacial score (nSPS) is 15.5. The van der Waals surface area contributed by atoms with Gasteiger partial charge in [-0.1, -0.05) is 29.3 Å². The molecule has 1 fully saturated rings. The zero-order valence-electron chi connectivity index (χ0n) is 8.58. The third-order valence-electron chi connectivity index (χ3n) is 2.37. The Bertz CT molecular complexity index is 403. The molecule has 0 spiro atoms. The van der Waals surface area contributed by atoms with Crippen LogP contribution in [-0.4, -0.2) is 24.1 Å². The van der Waals surface area contributed by atoms with Crippen molar-refractivity contribution in [3.63, 3.8) is 0 Å². The second kappa shape index (κ2) is 5.04. The highest BCUT2D eigenvalue weighted by Gasteiger charge is 2.19. The molecule has 16 heavy (non-hydrogen) atoms. The number of amides is 1. The van der Waals surface area contributed by atoms with Gasteiger partial charge in [0.1, 0.15) is 0 Å². The Morgan fingerprint density at radius 2 is 2.19 bits per heavy atom. The van der Waals surface area contributed by atoms with Gasteiger partial charge in [-0.3, -0.25) is 9.63 Å². The van der Waals surface area contributed by atoms with Gasteiger partial charge < -0.3 is 0 Å². The Labute approximate surface area is 104 Å². The highest BCUT2D eigenvalue weighted by molar-refractivity contribution is 6.42. The van der Waals surface area contributed by atoms with Gasteiger partial charge in [-0.25, -0.2) is 5.06 Å². The number of rotatable bonds is 2. The molecule has 3 nitrogen and oxygen atoms in total. The lowest BCUT2D eigenvalue weighted by Gasteiger charge is -2.13. The summed E-state index contributed by atoms with van der Waals surface area (Å²) in [4.78, 5) is 16.9. The van der Waals surface area contributed by atoms with Gasteiger partial charge in [0.15, 0.2) is 0 Å². The van der Waals surface area contributed by atoms with Crippen LogP contribution in [-0.2, 0) is 16.1 Å². The van der Waals surface area contributed by atoms with Gasteiger partial charge in [-0.05, 0) is 24.1 Å². The van der Waals surface area contributed by atoms with Gasteiger partial charge >= 0.3 is 0 Å². The zero-order valence-corrected chi connectivity index (χ0v) is 10.1. The summed E-state index contributed by atoms with van der Waals surface area (Å²) >= 11 is 11.7. The lowest BCUT2D eigenvalue weighted by atomic mass is 10.1. The third kappa shape index (κ3) is 2.67. The predicted molar refractivity (Wildman–Crippen MR) is 62.4 cm³/mol. The topological polar surface area (TPSA) is 29.5 Å². The maximum atomic E-state index is 11.7. The molecular weight excluding hydrogens is 249 g/mol. The molecule has 1 amide bonds. The number of hydrogen-bond donors (Lipinski definition) is 0. The summed E-state index contributed by atoms with van der Waals surface area (Å²) in [5, 5.41) is 2.37. The molecule has 0 atom stereocenters. The van der Waals surface area contributed by atoms with Crippen LogP contribution in [0.25, 0.3) is 0 Å². The van der Waals surface area contributed by atoms with Crippen LogP contribution in [0.3, 0.4) is 0 Å². The van der Waals surface area contributed by atoms with Crippen molar-refractivity contribution < 1.29 is 9.63 Å². The molecule has 0 aliphatic carbocycles. The number of hydrogen-bond acceptors (Lipinski definition) is 2. The van der Waals surface area contributed by atoms with Gasteiger partial charge in [0.05, 0.1) is 29.6 Å². The van der Waals surface area contributed by atoms with Crippen LogP contribution in [0.15, 0.2) is 18.2 Å². The van der Waals surface area contributed by atoms with E-state index >= 15 is 0 Å². The van der Waals surface area contributed by atoms with E-state index in [2.05, 4.69) is 0 Å². The maximum Gasteiger partial charge on any atom is 0.250 e. The van der Waals surface area contributed by atoms with Crippen molar-refractivity contribution in [2.24, 2.45) is 0 Å². The standard InChI is InChI=1S/C11H11Cl2NO2/c12-9-3-2-8(6-10(9)13)7-11(15)14-4-1-5-16-14/h2-3,6H,1,4-5,7H2. The smallest absolute Gasteiger partial charge is 0.250 e. The van der Waals surface area contributed by atoms with Crippen molar-refractivity contribution in [1.29, 1.82) is 0 Å². The first-order valence-corrected chi connectivity index (χ1v) is 5.79. The molecule has 0 saturated carbocycles. The number of carbonyl (C=O) groups is 1. The summed E-state index contributed by atoms with van der Waals surface area (Å²) in [5.74, 6) is -0.0455. The van der Waals surface area contributed by atoms with Crippen LogP contribution in [0.2, 0.25) is 10.0 Å². The number of hydroxylamine groups is 2. The van der Waals surface area contributed by atoms with Gasteiger partial charge in [-0.2, -0.15) is 0 Å². The van der Waals surface area contributed by atoms with Crippen LogP contribution in [0, 0.1) is 0 Å². The number of carbonyl (C=O) groups excluding carboxylic acids is 1. The van der Waals surface area contributed by atoms with E-state index in [0.29, 0.717) is 23.2 Å². The van der Waals surface area contributed by atoms with E-state index in [1.807, 2.05) is 0 Å². The van der Waals surface area contributed by atoms with Crippen LogP contribution in [0.1, 0.15) is 12.0 Å². The van der Waals surface area contributed by atoms with E-state index in [9.17, 15) is 4.79 Å². The lowest BCUT2D eigenvalue weighted by molar-refractivity contribution is -0.167. The Hall–Kier alpha value is -0.770. The van der Waals surface area contributed by atoms with Crippen LogP contribution in [0.4, 0.5) is 0 Å². The van der Waals surface area contributed by atoms with Crippen LogP contribution in [0.5, 0.6) is 0 Å². The fraction of sp³-hybridized carbons (Fsp3) is 0.364. The monoisotopic (exact) mass is 259 g/mol. The molecule has 0 bridgehead atoms. The van der Waals surface area contributed by atoms with Crippen LogP contribution < -0.4 is 0 Å². The Morgan fingerprint density at radius 1 is 1.38 bits per heavy atom. The van der Waals surface area contributed by atoms with Crippen molar-refractivity contribution in [1.82, 2.24) is 5.06 Å². The summed E-state index contributed by atoms with van der Waals surface area (Å²) in [7, 11) is 0. The third-order valence-corrected chi connectivity index (χ3v) is 3.11. The van der Waals surface area contributed by atoms with Crippen molar-refractivity contribution >= 4 is 29.1 Å². The van der Waals surface area contributed by atoms with Crippen molar-refractivity contribution in [2.45, 2.75) is 12.8 Å². The Kier molecular flexibility index (Phi) is 3.69. The average Bonchev–Trinajstić information content (AvgIpc) is 2.77. The van der Waals surface area contributed by atoms with E-state index in [4.69, 9.17) is 28.0 Å². The highest BCUT2D eigenvalue weighted by atomic mass is 35.5. The summed E-state index contributed by atoms with van der Waals surface area (Å²) < 4.78 is 0. The molecule has 1 saturated heterocycles. The minimum absolute atomic E-state index is 0.0455. The predicted octanol–water partition coefficient (Wildman–Crippen LogP) is 2.70. The number of benzene rings is 1. The summed E-state index contributed by atoms with van der Waals surface area (Å²) in [6.07, 6.45) is 1.18.